The van der Waals surface area contributed by atoms with Crippen LogP contribution in [0.2, 0.25) is 0 Å². The number of nitrogens with one attached hydrogen (secondary N) is 1. The van der Waals surface area contributed by atoms with Crippen LogP contribution in [0.1, 0.15) is 33.3 Å². The number of carbonyl (C=O) groups is 3. The lowest BCUT2D eigenvalue weighted by Crippen LogP contribution is -2.07. The summed E-state index contributed by atoms with van der Waals surface area (Å²) in [5.41, 5.74) is 1.53. The number of Topliss-reactive ketones (excluding diaryl/α,β-unsaturated/α-hetero) is 1. The number of rotatable bonds is 5. The summed E-state index contributed by atoms with van der Waals surface area (Å²) in [5.74, 6) is -0.919. The highest BCUT2D eigenvalue weighted by molar-refractivity contribution is 7.14. The minimum atomic E-state index is -0.414. The fraction of sp³-hybridized carbons (Fsp3) is 0.125. The van der Waals surface area contributed by atoms with Crippen LogP contribution in [-0.4, -0.2) is 29.8 Å². The molecule has 2 rings (SSSR count). The first-order valence-electron chi connectivity index (χ1n) is 6.63. The zero-order valence-corrected chi connectivity index (χ0v) is 13.3. The van der Waals surface area contributed by atoms with Crippen molar-refractivity contribution in [1.82, 2.24) is 4.98 Å². The van der Waals surface area contributed by atoms with Crippen LogP contribution < -0.4 is 5.32 Å². The Morgan fingerprint density at radius 3 is 2.48 bits per heavy atom. The van der Waals surface area contributed by atoms with Crippen LogP contribution in [0.25, 0.3) is 6.08 Å². The monoisotopic (exact) mass is 330 g/mol. The molecule has 7 heteroatoms. The predicted molar refractivity (Wildman–Crippen MR) is 87.6 cm³/mol. The van der Waals surface area contributed by atoms with Crippen molar-refractivity contribution in [2.24, 2.45) is 0 Å². The van der Waals surface area contributed by atoms with Gasteiger partial charge in [-0.05, 0) is 23.8 Å². The van der Waals surface area contributed by atoms with Crippen molar-refractivity contribution in [3.8, 4) is 0 Å². The van der Waals surface area contributed by atoms with Gasteiger partial charge in [-0.3, -0.25) is 14.9 Å². The third-order valence-electron chi connectivity index (χ3n) is 2.85. The molecule has 1 aromatic carbocycles. The Labute approximate surface area is 136 Å². The number of benzene rings is 1. The van der Waals surface area contributed by atoms with Crippen LogP contribution in [0.15, 0.2) is 35.7 Å². The van der Waals surface area contributed by atoms with Crippen LogP contribution in [0.3, 0.4) is 0 Å². The number of aromatic nitrogens is 1. The lowest BCUT2D eigenvalue weighted by atomic mass is 10.1. The van der Waals surface area contributed by atoms with Crippen molar-refractivity contribution in [3.63, 3.8) is 0 Å². The van der Waals surface area contributed by atoms with E-state index in [9.17, 15) is 14.4 Å². The molecule has 0 aliphatic heterocycles. The third kappa shape index (κ3) is 4.58. The smallest absolute Gasteiger partial charge is 0.337 e. The van der Waals surface area contributed by atoms with E-state index in [4.69, 9.17) is 0 Å². The zero-order chi connectivity index (χ0) is 16.8. The van der Waals surface area contributed by atoms with E-state index in [0.29, 0.717) is 16.4 Å². The van der Waals surface area contributed by atoms with Gasteiger partial charge >= 0.3 is 5.97 Å². The Bertz CT molecular complexity index is 763. The maximum Gasteiger partial charge on any atom is 0.337 e. The molecule has 6 nitrogen and oxygen atoms in total. The van der Waals surface area contributed by atoms with E-state index in [2.05, 4.69) is 15.0 Å². The summed E-state index contributed by atoms with van der Waals surface area (Å²) in [6, 6.07) is 6.63. The largest absolute Gasteiger partial charge is 0.465 e. The second kappa shape index (κ2) is 7.46. The van der Waals surface area contributed by atoms with E-state index in [1.807, 2.05) is 0 Å². The Balaban J connectivity index is 1.97. The molecule has 0 spiro atoms. The summed E-state index contributed by atoms with van der Waals surface area (Å²) in [6.45, 7) is 1.42. The molecule has 1 aromatic heterocycles. The summed E-state index contributed by atoms with van der Waals surface area (Å²) >= 11 is 1.19. The van der Waals surface area contributed by atoms with E-state index in [-0.39, 0.29) is 11.7 Å². The molecule has 2 aromatic rings. The van der Waals surface area contributed by atoms with Gasteiger partial charge in [0.15, 0.2) is 10.9 Å². The summed E-state index contributed by atoms with van der Waals surface area (Å²) in [6.07, 6.45) is 2.96. The fourth-order valence-corrected chi connectivity index (χ4v) is 2.41. The molecule has 0 aliphatic carbocycles. The van der Waals surface area contributed by atoms with E-state index >= 15 is 0 Å². The van der Waals surface area contributed by atoms with Gasteiger partial charge in [0, 0.05) is 18.4 Å². The normalized spacial score (nSPS) is 10.5. The number of ketones is 1. The number of ether oxygens (including phenoxy) is 1. The van der Waals surface area contributed by atoms with Crippen molar-refractivity contribution >= 4 is 40.2 Å². The van der Waals surface area contributed by atoms with E-state index in [0.717, 1.165) is 5.56 Å². The first kappa shape index (κ1) is 16.6. The summed E-state index contributed by atoms with van der Waals surface area (Å²) in [5, 5.41) is 4.54. The summed E-state index contributed by atoms with van der Waals surface area (Å²) in [4.78, 5) is 38.2. The SMILES string of the molecule is COC(=O)c1ccc(C=CC(=O)Nc2nc(C(C)=O)cs2)cc1. The molecule has 118 valence electrons. The van der Waals surface area contributed by atoms with E-state index < -0.39 is 5.97 Å². The maximum atomic E-state index is 11.8. The molecule has 0 bridgehead atoms. The molecule has 0 saturated carbocycles. The Kier molecular flexibility index (Phi) is 5.37. The Morgan fingerprint density at radius 1 is 1.22 bits per heavy atom. The van der Waals surface area contributed by atoms with Gasteiger partial charge in [0.25, 0.3) is 0 Å². The van der Waals surface area contributed by atoms with Gasteiger partial charge in [-0.15, -0.1) is 11.3 Å². The maximum absolute atomic E-state index is 11.8. The first-order valence-corrected chi connectivity index (χ1v) is 7.51. The quantitative estimate of drug-likeness (QED) is 0.517. The summed E-state index contributed by atoms with van der Waals surface area (Å²) < 4.78 is 4.61. The average molecular weight is 330 g/mol. The molecule has 0 saturated heterocycles. The minimum Gasteiger partial charge on any atom is -0.465 e. The molecule has 1 heterocycles. The molecule has 0 unspecified atom stereocenters. The topological polar surface area (TPSA) is 85.4 Å². The van der Waals surface area contributed by atoms with Crippen LogP contribution in [0, 0.1) is 0 Å². The third-order valence-corrected chi connectivity index (χ3v) is 3.61. The number of methoxy groups -OCH3 is 1. The highest BCUT2D eigenvalue weighted by Crippen LogP contribution is 2.16. The number of carbonyl (C=O) groups excluding carboxylic acids is 3. The van der Waals surface area contributed by atoms with Crippen molar-refractivity contribution in [2.75, 3.05) is 12.4 Å². The molecular weight excluding hydrogens is 316 g/mol. The van der Waals surface area contributed by atoms with Gasteiger partial charge in [-0.2, -0.15) is 0 Å². The molecular formula is C16H14N2O4S. The Hall–Kier alpha value is -2.80. The molecule has 0 radical (unpaired) electrons. The van der Waals surface area contributed by atoms with E-state index in [1.54, 1.807) is 35.7 Å². The second-order valence-corrected chi connectivity index (χ2v) is 5.39. The fourth-order valence-electron chi connectivity index (χ4n) is 1.66. The van der Waals surface area contributed by atoms with Crippen LogP contribution in [0.4, 0.5) is 5.13 Å². The van der Waals surface area contributed by atoms with Gasteiger partial charge in [0.05, 0.1) is 12.7 Å². The van der Waals surface area contributed by atoms with Crippen LogP contribution >= 0.6 is 11.3 Å². The van der Waals surface area contributed by atoms with Crippen molar-refractivity contribution in [1.29, 1.82) is 0 Å². The van der Waals surface area contributed by atoms with Crippen molar-refractivity contribution in [2.45, 2.75) is 6.92 Å². The molecule has 0 fully saturated rings. The van der Waals surface area contributed by atoms with Crippen LogP contribution in [0.5, 0.6) is 0 Å². The lowest BCUT2D eigenvalue weighted by molar-refractivity contribution is -0.111. The highest BCUT2D eigenvalue weighted by atomic mass is 32.1. The first-order chi connectivity index (χ1) is 11.0. The van der Waals surface area contributed by atoms with Gasteiger partial charge in [0.2, 0.25) is 5.91 Å². The van der Waals surface area contributed by atoms with Crippen molar-refractivity contribution < 1.29 is 19.1 Å². The second-order valence-electron chi connectivity index (χ2n) is 4.53. The number of nitrogens with zero attached hydrogens (tertiary/aromatic N) is 1. The number of esters is 1. The lowest BCUT2D eigenvalue weighted by Gasteiger charge is -1.99. The van der Waals surface area contributed by atoms with Gasteiger partial charge in [0.1, 0.15) is 5.69 Å². The zero-order valence-electron chi connectivity index (χ0n) is 12.5. The predicted octanol–water partition coefficient (Wildman–Crippen LogP) is 2.78. The molecule has 0 aliphatic rings. The average Bonchev–Trinajstić information content (AvgIpc) is 3.01. The highest BCUT2D eigenvalue weighted by Gasteiger charge is 2.07. The standard InChI is InChI=1S/C16H14N2O4S/c1-10(19)13-9-23-16(17-13)18-14(20)8-5-11-3-6-12(7-4-11)15(21)22-2/h3-9H,1-2H3,(H,17,18,20). The van der Waals surface area contributed by atoms with Crippen LogP contribution in [-0.2, 0) is 9.53 Å². The number of hydrogen-bond donors (Lipinski definition) is 1. The van der Waals surface area contributed by atoms with Gasteiger partial charge in [-0.25, -0.2) is 9.78 Å². The van der Waals surface area contributed by atoms with Crippen molar-refractivity contribution in [3.05, 3.63) is 52.5 Å². The van der Waals surface area contributed by atoms with Gasteiger partial charge in [-0.1, -0.05) is 12.1 Å². The molecule has 23 heavy (non-hydrogen) atoms. The van der Waals surface area contributed by atoms with E-state index in [1.165, 1.54) is 31.4 Å². The molecule has 1 amide bonds. The van der Waals surface area contributed by atoms with Gasteiger partial charge < -0.3 is 4.74 Å². The Morgan fingerprint density at radius 2 is 1.91 bits per heavy atom. The number of hydrogen-bond acceptors (Lipinski definition) is 6. The number of amides is 1. The molecule has 1 N–H and O–H groups in total. The summed E-state index contributed by atoms with van der Waals surface area (Å²) in [7, 11) is 1.32. The number of anilines is 1. The number of thiazole rings is 1. The minimum absolute atomic E-state index is 0.150. The molecule has 0 atom stereocenters.